The van der Waals surface area contributed by atoms with Crippen LogP contribution >= 0.6 is 0 Å². The summed E-state index contributed by atoms with van der Waals surface area (Å²) in [5.41, 5.74) is 2.45. The van der Waals surface area contributed by atoms with Crippen LogP contribution < -0.4 is 10.6 Å². The molecule has 0 radical (unpaired) electrons. The van der Waals surface area contributed by atoms with Gasteiger partial charge in [0.2, 0.25) is 5.91 Å². The molecule has 2 N–H and O–H groups in total. The lowest BCUT2D eigenvalue weighted by Crippen LogP contribution is -2.28. The number of nitrogens with zero attached hydrogens (tertiary/aromatic N) is 1. The molecule has 102 valence electrons. The van der Waals surface area contributed by atoms with Gasteiger partial charge in [0.15, 0.2) is 0 Å². The second-order valence-electron chi connectivity index (χ2n) is 5.04. The summed E-state index contributed by atoms with van der Waals surface area (Å²) in [6.45, 7) is 7.30. The third kappa shape index (κ3) is 5.43. The van der Waals surface area contributed by atoms with Crippen LogP contribution in [0.25, 0.3) is 0 Å². The molecule has 0 unspecified atom stereocenters. The van der Waals surface area contributed by atoms with Crippen LogP contribution in [0.5, 0.6) is 0 Å². The van der Waals surface area contributed by atoms with E-state index < -0.39 is 0 Å². The average molecular weight is 259 g/mol. The smallest absolute Gasteiger partial charge is 0.221 e. The number of rotatable bonds is 6. The zero-order valence-corrected chi connectivity index (χ0v) is 11.8. The van der Waals surface area contributed by atoms with Gasteiger partial charge >= 0.3 is 0 Å². The largest absolute Gasteiger partial charge is 0.383 e. The van der Waals surface area contributed by atoms with Crippen LogP contribution in [0.2, 0.25) is 0 Å². The Balaban J connectivity index is 2.41. The summed E-state index contributed by atoms with van der Waals surface area (Å²) >= 11 is 0. The first-order chi connectivity index (χ1) is 9.02. The molecule has 1 amide bonds. The topological polar surface area (TPSA) is 64.9 Å². The Morgan fingerprint density at radius 1 is 1.42 bits per heavy atom. The summed E-state index contributed by atoms with van der Waals surface area (Å²) < 4.78 is 0. The second-order valence-corrected chi connectivity index (χ2v) is 5.04. The minimum Gasteiger partial charge on any atom is -0.383 e. The van der Waals surface area contributed by atoms with E-state index in [1.165, 1.54) is 0 Å². The molecule has 1 aromatic carbocycles. The van der Waals surface area contributed by atoms with E-state index in [1.54, 1.807) is 0 Å². The number of nitrogens with one attached hydrogen (secondary N) is 2. The van der Waals surface area contributed by atoms with Gasteiger partial charge in [-0.2, -0.15) is 5.26 Å². The molecule has 0 heterocycles. The van der Waals surface area contributed by atoms with Gasteiger partial charge in [0.25, 0.3) is 0 Å². The standard InChI is InChI=1S/C15H21N3O/c1-11(2)10-18-15(19)6-7-17-14-5-4-12(3)8-13(14)9-16/h4-5,8,11,17H,6-7,10H2,1-3H3,(H,18,19). The summed E-state index contributed by atoms with van der Waals surface area (Å²) in [4.78, 5) is 11.5. The Hall–Kier alpha value is -2.02. The molecule has 1 rings (SSSR count). The van der Waals surface area contributed by atoms with Gasteiger partial charge in [0, 0.05) is 19.5 Å². The first-order valence-corrected chi connectivity index (χ1v) is 6.54. The monoisotopic (exact) mass is 259 g/mol. The van der Waals surface area contributed by atoms with Gasteiger partial charge in [-0.15, -0.1) is 0 Å². The van der Waals surface area contributed by atoms with Crippen molar-refractivity contribution in [2.24, 2.45) is 5.92 Å². The minimum atomic E-state index is 0.0341. The van der Waals surface area contributed by atoms with E-state index in [0.29, 0.717) is 31.0 Å². The predicted octanol–water partition coefficient (Wildman–Crippen LogP) is 2.44. The highest BCUT2D eigenvalue weighted by atomic mass is 16.1. The Morgan fingerprint density at radius 3 is 2.79 bits per heavy atom. The third-order valence-electron chi connectivity index (χ3n) is 2.67. The Kier molecular flexibility index (Phi) is 5.87. The molecule has 0 bridgehead atoms. The third-order valence-corrected chi connectivity index (χ3v) is 2.67. The normalized spacial score (nSPS) is 10.1. The predicted molar refractivity (Wildman–Crippen MR) is 76.8 cm³/mol. The maximum Gasteiger partial charge on any atom is 0.221 e. The molecule has 0 aliphatic carbocycles. The van der Waals surface area contributed by atoms with Crippen molar-refractivity contribution >= 4 is 11.6 Å². The van der Waals surface area contributed by atoms with Crippen molar-refractivity contribution in [1.29, 1.82) is 5.26 Å². The highest BCUT2D eigenvalue weighted by Crippen LogP contribution is 2.15. The minimum absolute atomic E-state index is 0.0341. The Bertz CT molecular complexity index is 475. The molecule has 19 heavy (non-hydrogen) atoms. The summed E-state index contributed by atoms with van der Waals surface area (Å²) in [7, 11) is 0. The molecule has 0 aliphatic heterocycles. The van der Waals surface area contributed by atoms with E-state index in [0.717, 1.165) is 11.3 Å². The zero-order chi connectivity index (χ0) is 14.3. The number of amides is 1. The van der Waals surface area contributed by atoms with Gasteiger partial charge in [-0.25, -0.2) is 0 Å². The van der Waals surface area contributed by atoms with E-state index >= 15 is 0 Å². The first kappa shape index (κ1) is 15.0. The van der Waals surface area contributed by atoms with E-state index in [2.05, 4.69) is 30.6 Å². The van der Waals surface area contributed by atoms with Crippen molar-refractivity contribution in [3.63, 3.8) is 0 Å². The Morgan fingerprint density at radius 2 is 2.16 bits per heavy atom. The number of hydrogen-bond acceptors (Lipinski definition) is 3. The zero-order valence-electron chi connectivity index (χ0n) is 11.8. The molecule has 0 aromatic heterocycles. The second kappa shape index (κ2) is 7.42. The highest BCUT2D eigenvalue weighted by molar-refractivity contribution is 5.76. The SMILES string of the molecule is Cc1ccc(NCCC(=O)NCC(C)C)c(C#N)c1. The molecule has 1 aromatic rings. The van der Waals surface area contributed by atoms with Gasteiger partial charge in [-0.3, -0.25) is 4.79 Å². The van der Waals surface area contributed by atoms with E-state index in [1.807, 2.05) is 25.1 Å². The first-order valence-electron chi connectivity index (χ1n) is 6.54. The number of aryl methyl sites for hydroxylation is 1. The van der Waals surface area contributed by atoms with Gasteiger partial charge in [-0.1, -0.05) is 19.9 Å². The molecule has 0 atom stereocenters. The van der Waals surface area contributed by atoms with Crippen LogP contribution in [-0.2, 0) is 4.79 Å². The number of carbonyl (C=O) groups excluding carboxylic acids is 1. The van der Waals surface area contributed by atoms with E-state index in [-0.39, 0.29) is 5.91 Å². The molecule has 4 nitrogen and oxygen atoms in total. The van der Waals surface area contributed by atoms with Gasteiger partial charge in [0.05, 0.1) is 11.3 Å². The summed E-state index contributed by atoms with van der Waals surface area (Å²) in [6, 6.07) is 7.81. The van der Waals surface area contributed by atoms with Crippen molar-refractivity contribution < 1.29 is 4.79 Å². The fourth-order valence-electron chi connectivity index (χ4n) is 1.62. The van der Waals surface area contributed by atoms with Crippen molar-refractivity contribution in [2.45, 2.75) is 27.2 Å². The van der Waals surface area contributed by atoms with Crippen LogP contribution in [0.15, 0.2) is 18.2 Å². The highest BCUT2D eigenvalue weighted by Gasteiger charge is 2.04. The maximum atomic E-state index is 11.5. The van der Waals surface area contributed by atoms with Crippen molar-refractivity contribution in [2.75, 3.05) is 18.4 Å². The van der Waals surface area contributed by atoms with Crippen molar-refractivity contribution in [3.8, 4) is 6.07 Å². The van der Waals surface area contributed by atoms with Gasteiger partial charge < -0.3 is 10.6 Å². The van der Waals surface area contributed by atoms with Crippen LogP contribution in [-0.4, -0.2) is 19.0 Å². The molecule has 0 fully saturated rings. The number of hydrogen-bond donors (Lipinski definition) is 2. The number of benzene rings is 1. The molecule has 0 saturated heterocycles. The van der Waals surface area contributed by atoms with Crippen LogP contribution in [0.4, 0.5) is 5.69 Å². The van der Waals surface area contributed by atoms with E-state index in [9.17, 15) is 4.79 Å². The van der Waals surface area contributed by atoms with Crippen molar-refractivity contribution in [3.05, 3.63) is 29.3 Å². The number of nitriles is 1. The van der Waals surface area contributed by atoms with Crippen LogP contribution in [0.3, 0.4) is 0 Å². The lowest BCUT2D eigenvalue weighted by molar-refractivity contribution is -0.120. The number of carbonyl (C=O) groups is 1. The van der Waals surface area contributed by atoms with Crippen LogP contribution in [0, 0.1) is 24.2 Å². The fraction of sp³-hybridized carbons (Fsp3) is 0.467. The molecular weight excluding hydrogens is 238 g/mol. The summed E-state index contributed by atoms with van der Waals surface area (Å²) in [5, 5.41) is 15.0. The lowest BCUT2D eigenvalue weighted by atomic mass is 10.1. The average Bonchev–Trinajstić information content (AvgIpc) is 2.38. The van der Waals surface area contributed by atoms with Crippen molar-refractivity contribution in [1.82, 2.24) is 5.32 Å². The summed E-state index contributed by atoms with van der Waals surface area (Å²) in [5.74, 6) is 0.492. The maximum absolute atomic E-state index is 11.5. The Labute approximate surface area is 114 Å². The molecule has 4 heteroatoms. The fourth-order valence-corrected chi connectivity index (χ4v) is 1.62. The van der Waals surface area contributed by atoms with Gasteiger partial charge in [-0.05, 0) is 30.5 Å². The van der Waals surface area contributed by atoms with E-state index in [4.69, 9.17) is 5.26 Å². The number of anilines is 1. The molecule has 0 aliphatic rings. The molecular formula is C15H21N3O. The molecule has 0 saturated carbocycles. The quantitative estimate of drug-likeness (QED) is 0.824. The summed E-state index contributed by atoms with van der Waals surface area (Å²) in [6.07, 6.45) is 0.408. The molecule has 0 spiro atoms. The lowest BCUT2D eigenvalue weighted by Gasteiger charge is -2.10. The van der Waals surface area contributed by atoms with Gasteiger partial charge in [0.1, 0.15) is 6.07 Å². The van der Waals surface area contributed by atoms with Crippen LogP contribution in [0.1, 0.15) is 31.4 Å².